The molecule has 0 saturated carbocycles. The topological polar surface area (TPSA) is 59.1 Å². The lowest BCUT2D eigenvalue weighted by molar-refractivity contribution is 0.602. The van der Waals surface area contributed by atoms with Gasteiger partial charge in [-0.05, 0) is 24.6 Å². The molecule has 2 aromatic carbocycles. The maximum atomic E-state index is 14.4. The summed E-state index contributed by atoms with van der Waals surface area (Å²) in [6.07, 6.45) is 3.21. The highest BCUT2D eigenvalue weighted by molar-refractivity contribution is 7.90. The summed E-state index contributed by atoms with van der Waals surface area (Å²) in [5, 5.41) is 3.91. The summed E-state index contributed by atoms with van der Waals surface area (Å²) in [5.74, 6) is -0.388. The molecule has 0 unspecified atom stereocenters. The first-order valence-electron chi connectivity index (χ1n) is 8.71. The molecule has 0 saturated heterocycles. The second kappa shape index (κ2) is 8.19. The number of benzene rings is 2. The molecule has 1 aromatic heterocycles. The molecule has 0 bridgehead atoms. The Hall–Kier alpha value is -2.25. The first kappa shape index (κ1) is 19.5. The van der Waals surface area contributed by atoms with Crippen molar-refractivity contribution in [1.82, 2.24) is 4.98 Å². The number of aromatic nitrogens is 1. The average Bonchev–Trinajstić information content (AvgIpc) is 3.05. The minimum absolute atomic E-state index is 0.214. The standard InChI is InChI=1S/C20H21FN2O2S2/c1-3-4-13-22-20-23-18(14-9-5-7-11-16(14)21)19(26-20)15-10-6-8-12-17(15)27(2,24)25/h5-12H,3-4,13H2,1-2H3,(H,22,23). The van der Waals surface area contributed by atoms with Crippen molar-refractivity contribution in [3.8, 4) is 21.7 Å². The van der Waals surface area contributed by atoms with E-state index < -0.39 is 9.84 Å². The van der Waals surface area contributed by atoms with Crippen LogP contribution in [0.4, 0.5) is 9.52 Å². The Labute approximate surface area is 163 Å². The second-order valence-electron chi connectivity index (χ2n) is 6.23. The van der Waals surface area contributed by atoms with Crippen LogP contribution in [0.5, 0.6) is 0 Å². The van der Waals surface area contributed by atoms with Crippen molar-refractivity contribution in [3.63, 3.8) is 0 Å². The van der Waals surface area contributed by atoms with Crippen molar-refractivity contribution in [2.75, 3.05) is 18.1 Å². The summed E-state index contributed by atoms with van der Waals surface area (Å²) in [5.41, 5.74) is 1.35. The Kier molecular flexibility index (Phi) is 5.92. The Balaban J connectivity index is 2.19. The number of anilines is 1. The third-order valence-electron chi connectivity index (χ3n) is 4.09. The van der Waals surface area contributed by atoms with Crippen molar-refractivity contribution in [1.29, 1.82) is 0 Å². The summed E-state index contributed by atoms with van der Waals surface area (Å²) in [7, 11) is -3.44. The Morgan fingerprint density at radius 1 is 1.07 bits per heavy atom. The predicted octanol–water partition coefficient (Wildman–Crippen LogP) is 5.23. The number of rotatable bonds is 7. The summed E-state index contributed by atoms with van der Waals surface area (Å²) in [6.45, 7) is 2.86. The molecule has 142 valence electrons. The Morgan fingerprint density at radius 2 is 1.74 bits per heavy atom. The van der Waals surface area contributed by atoms with E-state index in [4.69, 9.17) is 0 Å². The van der Waals surface area contributed by atoms with Gasteiger partial charge in [-0.3, -0.25) is 0 Å². The number of unbranched alkanes of at least 4 members (excludes halogenated alkanes) is 1. The van der Waals surface area contributed by atoms with Crippen LogP contribution in [-0.4, -0.2) is 26.2 Å². The summed E-state index contributed by atoms with van der Waals surface area (Å²) in [6, 6.07) is 13.2. The van der Waals surface area contributed by atoms with Crippen LogP contribution in [0.3, 0.4) is 0 Å². The van der Waals surface area contributed by atoms with E-state index in [1.165, 1.54) is 23.7 Å². The highest BCUT2D eigenvalue weighted by Crippen LogP contribution is 2.42. The Bertz CT molecular complexity index is 1050. The van der Waals surface area contributed by atoms with Crippen LogP contribution in [0, 0.1) is 5.82 Å². The first-order valence-corrected chi connectivity index (χ1v) is 11.4. The molecule has 4 nitrogen and oxygen atoms in total. The molecule has 0 spiro atoms. The normalized spacial score (nSPS) is 11.5. The molecule has 0 atom stereocenters. The number of sulfone groups is 1. The molecule has 0 fully saturated rings. The predicted molar refractivity (Wildman–Crippen MR) is 109 cm³/mol. The molecular formula is C20H21FN2O2S2. The van der Waals surface area contributed by atoms with E-state index in [9.17, 15) is 12.8 Å². The summed E-state index contributed by atoms with van der Waals surface area (Å²) in [4.78, 5) is 5.44. The minimum Gasteiger partial charge on any atom is -0.361 e. The van der Waals surface area contributed by atoms with Gasteiger partial charge >= 0.3 is 0 Å². The number of halogens is 1. The number of nitrogens with one attached hydrogen (secondary N) is 1. The second-order valence-corrected chi connectivity index (χ2v) is 9.21. The number of thiazole rings is 1. The van der Waals surface area contributed by atoms with E-state index in [-0.39, 0.29) is 10.7 Å². The molecule has 0 amide bonds. The van der Waals surface area contributed by atoms with Gasteiger partial charge in [0.1, 0.15) is 5.82 Å². The summed E-state index contributed by atoms with van der Waals surface area (Å²) < 4.78 is 39.0. The van der Waals surface area contributed by atoms with Gasteiger partial charge in [0, 0.05) is 23.9 Å². The van der Waals surface area contributed by atoms with Gasteiger partial charge in [0.25, 0.3) is 0 Å². The maximum absolute atomic E-state index is 14.4. The minimum atomic E-state index is -3.44. The van der Waals surface area contributed by atoms with Gasteiger partial charge in [-0.15, -0.1) is 0 Å². The van der Waals surface area contributed by atoms with Crippen LogP contribution in [-0.2, 0) is 9.84 Å². The zero-order valence-electron chi connectivity index (χ0n) is 15.2. The van der Waals surface area contributed by atoms with E-state index in [0.717, 1.165) is 19.4 Å². The molecular weight excluding hydrogens is 383 g/mol. The third-order valence-corrected chi connectivity index (χ3v) is 6.30. The highest BCUT2D eigenvalue weighted by atomic mass is 32.2. The van der Waals surface area contributed by atoms with E-state index in [1.807, 2.05) is 0 Å². The van der Waals surface area contributed by atoms with Crippen molar-refractivity contribution >= 4 is 26.3 Å². The fourth-order valence-corrected chi connectivity index (χ4v) is 4.77. The van der Waals surface area contributed by atoms with Gasteiger partial charge in [-0.25, -0.2) is 17.8 Å². The molecule has 0 radical (unpaired) electrons. The first-order chi connectivity index (χ1) is 12.9. The van der Waals surface area contributed by atoms with Crippen LogP contribution >= 0.6 is 11.3 Å². The molecule has 0 aliphatic rings. The van der Waals surface area contributed by atoms with Crippen LogP contribution in [0.15, 0.2) is 53.4 Å². The fraction of sp³-hybridized carbons (Fsp3) is 0.250. The van der Waals surface area contributed by atoms with E-state index in [0.29, 0.717) is 26.8 Å². The van der Waals surface area contributed by atoms with Gasteiger partial charge in [0.05, 0.1) is 15.5 Å². The van der Waals surface area contributed by atoms with E-state index in [2.05, 4.69) is 17.2 Å². The van der Waals surface area contributed by atoms with Gasteiger partial charge in [0.15, 0.2) is 15.0 Å². The van der Waals surface area contributed by atoms with E-state index >= 15 is 0 Å². The van der Waals surface area contributed by atoms with Crippen LogP contribution in [0.1, 0.15) is 19.8 Å². The smallest absolute Gasteiger partial charge is 0.183 e. The van der Waals surface area contributed by atoms with Gasteiger partial charge in [0.2, 0.25) is 0 Å². The summed E-state index contributed by atoms with van der Waals surface area (Å²) >= 11 is 1.34. The zero-order valence-corrected chi connectivity index (χ0v) is 16.8. The lowest BCUT2D eigenvalue weighted by Gasteiger charge is -2.08. The van der Waals surface area contributed by atoms with Crippen LogP contribution in [0.2, 0.25) is 0 Å². The molecule has 27 heavy (non-hydrogen) atoms. The molecule has 0 aliphatic heterocycles. The monoisotopic (exact) mass is 404 g/mol. The highest BCUT2D eigenvalue weighted by Gasteiger charge is 2.22. The lowest BCUT2D eigenvalue weighted by Crippen LogP contribution is -2.00. The fourth-order valence-electron chi connectivity index (χ4n) is 2.76. The molecule has 1 N–H and O–H groups in total. The average molecular weight is 405 g/mol. The van der Waals surface area contributed by atoms with Crippen molar-refractivity contribution in [3.05, 3.63) is 54.3 Å². The number of hydrogen-bond donors (Lipinski definition) is 1. The van der Waals surface area contributed by atoms with E-state index in [1.54, 1.807) is 42.5 Å². The van der Waals surface area contributed by atoms with Gasteiger partial charge in [-0.2, -0.15) is 0 Å². The van der Waals surface area contributed by atoms with Crippen LogP contribution in [0.25, 0.3) is 21.7 Å². The van der Waals surface area contributed by atoms with Crippen molar-refractivity contribution < 1.29 is 12.8 Å². The van der Waals surface area contributed by atoms with Gasteiger partial charge < -0.3 is 5.32 Å². The Morgan fingerprint density at radius 3 is 2.41 bits per heavy atom. The number of hydrogen-bond acceptors (Lipinski definition) is 5. The zero-order chi connectivity index (χ0) is 19.4. The quantitative estimate of drug-likeness (QED) is 0.548. The molecule has 7 heteroatoms. The van der Waals surface area contributed by atoms with Gasteiger partial charge in [-0.1, -0.05) is 55.0 Å². The van der Waals surface area contributed by atoms with Crippen molar-refractivity contribution in [2.45, 2.75) is 24.7 Å². The van der Waals surface area contributed by atoms with Crippen LogP contribution < -0.4 is 5.32 Å². The molecule has 3 aromatic rings. The maximum Gasteiger partial charge on any atom is 0.183 e. The third kappa shape index (κ3) is 4.36. The van der Waals surface area contributed by atoms with Crippen molar-refractivity contribution in [2.24, 2.45) is 0 Å². The largest absolute Gasteiger partial charge is 0.361 e. The molecule has 3 rings (SSSR count). The lowest BCUT2D eigenvalue weighted by atomic mass is 10.1. The molecule has 0 aliphatic carbocycles. The molecule has 1 heterocycles. The SMILES string of the molecule is CCCCNc1nc(-c2ccccc2F)c(-c2ccccc2S(C)(=O)=O)s1. The number of nitrogens with zero attached hydrogens (tertiary/aromatic N) is 1.